The van der Waals surface area contributed by atoms with Gasteiger partial charge >= 0.3 is 0 Å². The summed E-state index contributed by atoms with van der Waals surface area (Å²) < 4.78 is 117. The SMILES string of the molecule is COc1ccc(Nc2ccc3c(O)c(N=Nc4cc(C)c(N=Nc5cc(OCCCS(=O)(=O)O)c(N=Nc6ccc(OC)cc6S(=O)(=O)O)cc5C)cc4C)c(S(=O)(=O)O)cc3c2)cc1. The average molecular weight is 948 g/mol. The van der Waals surface area contributed by atoms with Gasteiger partial charge in [-0.2, -0.15) is 40.6 Å². The normalized spacial score (nSPS) is 12.4. The number of anilines is 2. The number of methoxy groups -OCH3 is 2. The van der Waals surface area contributed by atoms with E-state index in [1.54, 1.807) is 82.5 Å². The summed E-state index contributed by atoms with van der Waals surface area (Å²) in [5.74, 6) is -0.268. The molecule has 65 heavy (non-hydrogen) atoms. The quantitative estimate of drug-likeness (QED) is 0.0323. The second-order valence-corrected chi connectivity index (χ2v) is 18.6. The molecule has 0 atom stereocenters. The van der Waals surface area contributed by atoms with Gasteiger partial charge in [0.25, 0.3) is 30.4 Å². The van der Waals surface area contributed by atoms with Gasteiger partial charge in [0.15, 0.2) is 5.75 Å². The number of aryl methyl sites for hydroxylation is 3. The van der Waals surface area contributed by atoms with Gasteiger partial charge in [-0.1, -0.05) is 0 Å². The zero-order valence-corrected chi connectivity index (χ0v) is 37.6. The van der Waals surface area contributed by atoms with Crippen LogP contribution >= 0.6 is 0 Å². The van der Waals surface area contributed by atoms with Crippen molar-refractivity contribution in [3.63, 3.8) is 0 Å². The van der Waals surface area contributed by atoms with E-state index in [0.717, 1.165) is 11.8 Å². The van der Waals surface area contributed by atoms with Crippen LogP contribution in [0.15, 0.2) is 131 Å². The lowest BCUT2D eigenvalue weighted by Gasteiger charge is -2.12. The van der Waals surface area contributed by atoms with Crippen molar-refractivity contribution in [2.75, 3.05) is 31.9 Å². The summed E-state index contributed by atoms with van der Waals surface area (Å²) in [7, 11) is -11.1. The monoisotopic (exact) mass is 947 g/mol. The Balaban J connectivity index is 1.29. The van der Waals surface area contributed by atoms with Crippen molar-refractivity contribution in [1.82, 2.24) is 0 Å². The third kappa shape index (κ3) is 12.0. The van der Waals surface area contributed by atoms with E-state index in [2.05, 4.69) is 36.0 Å². The van der Waals surface area contributed by atoms with Crippen molar-refractivity contribution >= 4 is 86.6 Å². The van der Waals surface area contributed by atoms with Crippen LogP contribution in [0.5, 0.6) is 23.0 Å². The van der Waals surface area contributed by atoms with Gasteiger partial charge in [-0.3, -0.25) is 13.7 Å². The van der Waals surface area contributed by atoms with Crippen LogP contribution in [0.4, 0.5) is 45.5 Å². The predicted octanol–water partition coefficient (Wildman–Crippen LogP) is 10.6. The summed E-state index contributed by atoms with van der Waals surface area (Å²) in [6, 6.07) is 23.1. The van der Waals surface area contributed by atoms with Crippen molar-refractivity contribution < 1.29 is 58.2 Å². The molecule has 0 saturated carbocycles. The Morgan fingerprint density at radius 1 is 0.554 bits per heavy atom. The summed E-state index contributed by atoms with van der Waals surface area (Å²) in [5, 5.41) is 40.3. The van der Waals surface area contributed by atoms with E-state index in [-0.39, 0.29) is 52.7 Å². The van der Waals surface area contributed by atoms with Crippen LogP contribution in [-0.2, 0) is 30.4 Å². The highest BCUT2D eigenvalue weighted by molar-refractivity contribution is 7.86. The van der Waals surface area contributed by atoms with Crippen molar-refractivity contribution in [2.24, 2.45) is 30.7 Å². The van der Waals surface area contributed by atoms with Crippen molar-refractivity contribution in [3.8, 4) is 23.0 Å². The largest absolute Gasteiger partial charge is 0.505 e. The van der Waals surface area contributed by atoms with Gasteiger partial charge in [0.1, 0.15) is 44.1 Å². The average Bonchev–Trinajstić information content (AvgIpc) is 3.24. The van der Waals surface area contributed by atoms with Gasteiger partial charge < -0.3 is 24.6 Å². The maximum Gasteiger partial charge on any atom is 0.296 e. The zero-order valence-electron chi connectivity index (χ0n) is 35.2. The van der Waals surface area contributed by atoms with E-state index < -0.39 is 57.3 Å². The van der Waals surface area contributed by atoms with Gasteiger partial charge in [0.05, 0.1) is 43.6 Å². The number of nitrogens with zero attached hydrogens (tertiary/aromatic N) is 6. The minimum absolute atomic E-state index is 0.0427. The first-order valence-electron chi connectivity index (χ1n) is 19.1. The Kier molecular flexibility index (Phi) is 14.3. The highest BCUT2D eigenvalue weighted by Crippen LogP contribution is 2.43. The molecule has 0 aliphatic heterocycles. The van der Waals surface area contributed by atoms with Crippen LogP contribution in [-0.4, -0.2) is 70.6 Å². The van der Waals surface area contributed by atoms with Crippen LogP contribution in [0.2, 0.25) is 0 Å². The molecular weight excluding hydrogens is 907 g/mol. The van der Waals surface area contributed by atoms with E-state index in [0.29, 0.717) is 39.2 Å². The number of ether oxygens (including phenoxy) is 3. The summed E-state index contributed by atoms with van der Waals surface area (Å²) in [6.45, 7) is 4.88. The number of hydrogen-bond acceptors (Lipinski definition) is 17. The van der Waals surface area contributed by atoms with Crippen LogP contribution < -0.4 is 19.5 Å². The Morgan fingerprint density at radius 3 is 1.66 bits per heavy atom. The molecule has 0 radical (unpaired) electrons. The van der Waals surface area contributed by atoms with Crippen LogP contribution in [0.1, 0.15) is 23.1 Å². The standard InChI is InChI=1S/C42H41N7O13S3/c1-24-18-35(47-49-41-40(65(57,58)59)21-27-20-29(9-13-32(27)42(41)50)43-28-7-10-30(60-4)11-8-28)25(2)17-34(24)45-46-36-23-38(62-15-6-16-63(51,52)53)37(19-26(36)3)48-44-33-14-12-31(61-5)22-39(33)64(54,55)56/h7-14,17-23,43,50H,6,15-16H2,1-5H3,(H,51,52,53)(H,54,55,56)(H,57,58,59). The molecule has 0 fully saturated rings. The maximum atomic E-state index is 12.6. The smallest absolute Gasteiger partial charge is 0.296 e. The first-order valence-corrected chi connectivity index (χ1v) is 23.6. The molecule has 340 valence electrons. The number of nitrogens with one attached hydrogen (secondary N) is 1. The second kappa shape index (κ2) is 19.5. The van der Waals surface area contributed by atoms with Crippen LogP contribution in [0.25, 0.3) is 10.8 Å². The Morgan fingerprint density at radius 2 is 1.08 bits per heavy atom. The molecule has 6 aromatic carbocycles. The maximum absolute atomic E-state index is 12.6. The van der Waals surface area contributed by atoms with Crippen molar-refractivity contribution in [1.29, 1.82) is 0 Å². The Hall–Kier alpha value is -6.89. The lowest BCUT2D eigenvalue weighted by atomic mass is 10.1. The van der Waals surface area contributed by atoms with E-state index in [9.17, 15) is 39.5 Å². The fraction of sp³-hybridized carbons (Fsp3) is 0.190. The topological polar surface area (TPSA) is 297 Å². The summed E-state index contributed by atoms with van der Waals surface area (Å²) in [6.07, 6.45) is -0.101. The summed E-state index contributed by atoms with van der Waals surface area (Å²) in [4.78, 5) is -1.24. The fourth-order valence-electron chi connectivity index (χ4n) is 6.18. The molecule has 0 aliphatic rings. The number of fused-ring (bicyclic) bond motifs is 1. The molecule has 0 unspecified atom stereocenters. The van der Waals surface area contributed by atoms with E-state index in [1.807, 2.05) is 0 Å². The molecule has 23 heteroatoms. The van der Waals surface area contributed by atoms with Crippen molar-refractivity contribution in [3.05, 3.63) is 108 Å². The lowest BCUT2D eigenvalue weighted by molar-refractivity contribution is 0.317. The van der Waals surface area contributed by atoms with Gasteiger partial charge in [-0.15, -0.1) is 15.3 Å². The predicted molar refractivity (Wildman–Crippen MR) is 241 cm³/mol. The van der Waals surface area contributed by atoms with Gasteiger partial charge in [0, 0.05) is 28.9 Å². The summed E-state index contributed by atoms with van der Waals surface area (Å²) in [5.41, 5.74) is 3.21. The Bertz CT molecular complexity index is 3240. The first kappa shape index (κ1) is 47.6. The highest BCUT2D eigenvalue weighted by atomic mass is 32.2. The first-order chi connectivity index (χ1) is 30.6. The van der Waals surface area contributed by atoms with Gasteiger partial charge in [-0.05, 0) is 128 Å². The number of rotatable bonds is 17. The lowest BCUT2D eigenvalue weighted by Crippen LogP contribution is -2.08. The zero-order chi connectivity index (χ0) is 47.3. The van der Waals surface area contributed by atoms with Gasteiger partial charge in [-0.25, -0.2) is 0 Å². The molecule has 0 aliphatic carbocycles. The number of hydrogen-bond donors (Lipinski definition) is 5. The van der Waals surface area contributed by atoms with E-state index in [1.165, 1.54) is 37.4 Å². The minimum atomic E-state index is -4.90. The van der Waals surface area contributed by atoms with Crippen molar-refractivity contribution in [2.45, 2.75) is 37.0 Å². The van der Waals surface area contributed by atoms with Crippen LogP contribution in [0, 0.1) is 20.8 Å². The molecule has 5 N–H and O–H groups in total. The summed E-state index contributed by atoms with van der Waals surface area (Å²) >= 11 is 0. The third-order valence-electron chi connectivity index (χ3n) is 9.54. The van der Waals surface area contributed by atoms with Gasteiger partial charge in [0.2, 0.25) is 0 Å². The molecule has 0 bridgehead atoms. The number of benzene rings is 6. The molecule has 20 nitrogen and oxygen atoms in total. The molecule has 6 rings (SSSR count). The van der Waals surface area contributed by atoms with Crippen LogP contribution in [0.3, 0.4) is 0 Å². The molecule has 0 aromatic heterocycles. The molecule has 0 heterocycles. The minimum Gasteiger partial charge on any atom is -0.505 e. The molecule has 0 amide bonds. The second-order valence-electron chi connectivity index (χ2n) is 14.3. The molecule has 6 aromatic rings. The highest BCUT2D eigenvalue weighted by Gasteiger charge is 2.23. The number of azo groups is 3. The molecule has 0 saturated heterocycles. The number of aromatic hydroxyl groups is 1. The fourth-order valence-corrected chi connectivity index (χ4v) is 7.96. The Labute approximate surface area is 373 Å². The number of phenols is 1. The molecule has 0 spiro atoms. The number of phenolic OH excluding ortho intramolecular Hbond substituents is 1. The van der Waals surface area contributed by atoms with E-state index >= 15 is 0 Å². The third-order valence-corrected chi connectivity index (χ3v) is 12.1. The molecular formula is C42H41N7O13S3. The van der Waals surface area contributed by atoms with E-state index in [4.69, 9.17) is 18.8 Å².